The van der Waals surface area contributed by atoms with Gasteiger partial charge in [-0.1, -0.05) is 24.3 Å². The molecule has 0 saturated carbocycles. The summed E-state index contributed by atoms with van der Waals surface area (Å²) in [5.41, 5.74) is 8.68. The summed E-state index contributed by atoms with van der Waals surface area (Å²) in [6.07, 6.45) is 4.72. The fourth-order valence-corrected chi connectivity index (χ4v) is 5.77. The fourth-order valence-electron chi connectivity index (χ4n) is 5.77. The number of halogens is 3. The van der Waals surface area contributed by atoms with Crippen LogP contribution in [0.4, 0.5) is 18.9 Å². The first-order valence-electron chi connectivity index (χ1n) is 11.7. The summed E-state index contributed by atoms with van der Waals surface area (Å²) in [7, 11) is 0. The molecule has 1 spiro atoms. The number of hydrogen-bond acceptors (Lipinski definition) is 4. The summed E-state index contributed by atoms with van der Waals surface area (Å²) in [4.78, 5) is 0. The van der Waals surface area contributed by atoms with Crippen LogP contribution < -0.4 is 15.5 Å². The number of ether oxygens (including phenoxy) is 1. The Kier molecular flexibility index (Phi) is 4.95. The van der Waals surface area contributed by atoms with E-state index in [-0.39, 0.29) is 11.3 Å². The Labute approximate surface area is 195 Å². The number of nitrogens with zero attached hydrogens (tertiary/aromatic N) is 2. The number of nitrogens with one attached hydrogen (secondary N) is 2. The zero-order chi connectivity index (χ0) is 23.3. The van der Waals surface area contributed by atoms with Crippen LogP contribution in [0, 0.1) is 0 Å². The highest BCUT2D eigenvalue weighted by molar-refractivity contribution is 5.96. The van der Waals surface area contributed by atoms with Gasteiger partial charge in [0.2, 0.25) is 0 Å². The molecule has 0 unspecified atom stereocenters. The molecule has 3 heterocycles. The Hall–Kier alpha value is -3.26. The first kappa shape index (κ1) is 21.3. The number of benzene rings is 2. The standard InChI is InChI=1S/C26H25F3N4O/c27-26(28,29)34-19-7-5-17(6-8-19)31-32-18-9-13-25(14-10-18)15-11-22-24-21(12-16-30-22)20-3-1-2-4-23(20)33(24)25/h1-9,13,22,30-31H,10-12,14-16H2/b32-18+/t22-,25+/m0/s1. The van der Waals surface area contributed by atoms with Crippen LogP contribution in [-0.2, 0) is 12.0 Å². The minimum absolute atomic E-state index is 0.0572. The first-order chi connectivity index (χ1) is 16.4. The van der Waals surface area contributed by atoms with Crippen molar-refractivity contribution in [2.75, 3.05) is 12.0 Å². The lowest BCUT2D eigenvalue weighted by Crippen LogP contribution is -2.44. The number of fused-ring (bicyclic) bond motifs is 4. The average Bonchev–Trinajstić information content (AvgIpc) is 3.18. The molecule has 3 aromatic rings. The van der Waals surface area contributed by atoms with Crippen molar-refractivity contribution in [3.8, 4) is 5.75 Å². The van der Waals surface area contributed by atoms with Crippen molar-refractivity contribution in [3.05, 3.63) is 71.9 Å². The molecule has 2 aliphatic heterocycles. The Bertz CT molecular complexity index is 1290. The van der Waals surface area contributed by atoms with Gasteiger partial charge in [-0.25, -0.2) is 0 Å². The van der Waals surface area contributed by atoms with Gasteiger partial charge in [0, 0.05) is 22.6 Å². The van der Waals surface area contributed by atoms with Crippen LogP contribution in [0.3, 0.4) is 0 Å². The lowest BCUT2D eigenvalue weighted by atomic mass is 9.77. The van der Waals surface area contributed by atoms with Crippen molar-refractivity contribution in [1.82, 2.24) is 9.88 Å². The maximum atomic E-state index is 12.3. The summed E-state index contributed by atoms with van der Waals surface area (Å²) in [6.45, 7) is 1.03. The van der Waals surface area contributed by atoms with Crippen LogP contribution in [0.25, 0.3) is 10.9 Å². The summed E-state index contributed by atoms with van der Waals surface area (Å²) in [5.74, 6) is -0.252. The van der Waals surface area contributed by atoms with E-state index in [1.165, 1.54) is 46.4 Å². The molecule has 2 atom stereocenters. The summed E-state index contributed by atoms with van der Waals surface area (Å²) >= 11 is 0. The van der Waals surface area contributed by atoms with Gasteiger partial charge < -0.3 is 14.6 Å². The molecule has 0 bridgehead atoms. The molecule has 3 aliphatic rings. The largest absolute Gasteiger partial charge is 0.573 e. The molecular formula is C26H25F3N4O. The molecule has 0 radical (unpaired) electrons. The van der Waals surface area contributed by atoms with Gasteiger partial charge in [0.05, 0.1) is 16.9 Å². The predicted molar refractivity (Wildman–Crippen MR) is 126 cm³/mol. The Morgan fingerprint density at radius 2 is 1.88 bits per heavy atom. The third-order valence-corrected chi connectivity index (χ3v) is 7.24. The normalized spacial score (nSPS) is 25.0. The minimum atomic E-state index is -4.70. The van der Waals surface area contributed by atoms with E-state index in [1.807, 2.05) is 0 Å². The van der Waals surface area contributed by atoms with Gasteiger partial charge >= 0.3 is 6.36 Å². The van der Waals surface area contributed by atoms with Crippen LogP contribution in [0.2, 0.25) is 0 Å². The number of aromatic nitrogens is 1. The highest BCUT2D eigenvalue weighted by Crippen LogP contribution is 2.48. The van der Waals surface area contributed by atoms with Crippen molar-refractivity contribution in [2.45, 2.75) is 50.0 Å². The van der Waals surface area contributed by atoms with E-state index in [2.05, 4.69) is 61.6 Å². The zero-order valence-electron chi connectivity index (χ0n) is 18.5. The number of allylic oxidation sites excluding steroid dienone is 2. The number of hydrogen-bond donors (Lipinski definition) is 2. The molecular weight excluding hydrogens is 441 g/mol. The number of para-hydroxylation sites is 1. The van der Waals surface area contributed by atoms with E-state index in [4.69, 9.17) is 0 Å². The molecule has 1 aliphatic carbocycles. The number of hydrazone groups is 1. The van der Waals surface area contributed by atoms with Gasteiger partial charge in [-0.3, -0.25) is 5.43 Å². The van der Waals surface area contributed by atoms with Gasteiger partial charge in [-0.15, -0.1) is 13.2 Å². The molecule has 0 fully saturated rings. The molecule has 0 amide bonds. The van der Waals surface area contributed by atoms with Gasteiger partial charge in [-0.2, -0.15) is 5.10 Å². The van der Waals surface area contributed by atoms with Crippen molar-refractivity contribution in [3.63, 3.8) is 0 Å². The lowest BCUT2D eigenvalue weighted by Gasteiger charge is -2.45. The molecule has 34 heavy (non-hydrogen) atoms. The molecule has 2 N–H and O–H groups in total. The Morgan fingerprint density at radius 1 is 1.06 bits per heavy atom. The van der Waals surface area contributed by atoms with E-state index in [1.54, 1.807) is 0 Å². The maximum absolute atomic E-state index is 12.3. The predicted octanol–water partition coefficient (Wildman–Crippen LogP) is 6.03. The SMILES string of the molecule is FC(F)(F)Oc1ccc(N/N=C2\C=C[C@@]3(CC2)CC[C@@H]2NCCc4c2n3c2ccccc42)cc1. The highest BCUT2D eigenvalue weighted by Gasteiger charge is 2.42. The average molecular weight is 467 g/mol. The lowest BCUT2D eigenvalue weighted by molar-refractivity contribution is -0.274. The van der Waals surface area contributed by atoms with Gasteiger partial charge in [0.25, 0.3) is 0 Å². The topological polar surface area (TPSA) is 50.6 Å². The number of rotatable bonds is 3. The van der Waals surface area contributed by atoms with E-state index in [0.29, 0.717) is 11.7 Å². The molecule has 0 saturated heterocycles. The van der Waals surface area contributed by atoms with Crippen LogP contribution in [0.15, 0.2) is 65.8 Å². The molecule has 5 nitrogen and oxygen atoms in total. The van der Waals surface area contributed by atoms with Crippen LogP contribution in [0.1, 0.15) is 43.0 Å². The minimum Gasteiger partial charge on any atom is -0.406 e. The van der Waals surface area contributed by atoms with Gasteiger partial charge in [0.15, 0.2) is 0 Å². The number of anilines is 1. The van der Waals surface area contributed by atoms with Crippen LogP contribution >= 0.6 is 0 Å². The third-order valence-electron chi connectivity index (χ3n) is 7.24. The van der Waals surface area contributed by atoms with E-state index < -0.39 is 6.36 Å². The second-order valence-corrected chi connectivity index (χ2v) is 9.24. The summed E-state index contributed by atoms with van der Waals surface area (Å²) in [6, 6.07) is 14.7. The Morgan fingerprint density at radius 3 is 2.65 bits per heavy atom. The maximum Gasteiger partial charge on any atom is 0.573 e. The zero-order valence-corrected chi connectivity index (χ0v) is 18.5. The van der Waals surface area contributed by atoms with Crippen LogP contribution in [-0.4, -0.2) is 23.2 Å². The molecule has 8 heteroatoms. The third kappa shape index (κ3) is 3.66. The van der Waals surface area contributed by atoms with Gasteiger partial charge in [-0.05, 0) is 80.6 Å². The van der Waals surface area contributed by atoms with Crippen LogP contribution in [0.5, 0.6) is 5.75 Å². The van der Waals surface area contributed by atoms with Crippen molar-refractivity contribution < 1.29 is 17.9 Å². The number of alkyl halides is 3. The highest BCUT2D eigenvalue weighted by atomic mass is 19.4. The monoisotopic (exact) mass is 466 g/mol. The quantitative estimate of drug-likeness (QED) is 0.463. The van der Waals surface area contributed by atoms with E-state index in [0.717, 1.165) is 44.4 Å². The summed E-state index contributed by atoms with van der Waals surface area (Å²) in [5, 5.41) is 9.58. The molecule has 6 rings (SSSR count). The second-order valence-electron chi connectivity index (χ2n) is 9.24. The van der Waals surface area contributed by atoms with Crippen molar-refractivity contribution >= 4 is 22.3 Å². The molecule has 176 valence electrons. The summed E-state index contributed by atoms with van der Waals surface area (Å²) < 4.78 is 43.5. The van der Waals surface area contributed by atoms with Gasteiger partial charge in [0.1, 0.15) is 5.75 Å². The van der Waals surface area contributed by atoms with E-state index >= 15 is 0 Å². The fraction of sp³-hybridized carbons (Fsp3) is 0.346. The van der Waals surface area contributed by atoms with E-state index in [9.17, 15) is 13.2 Å². The van der Waals surface area contributed by atoms with Crippen molar-refractivity contribution in [2.24, 2.45) is 5.10 Å². The Balaban J connectivity index is 1.26. The second kappa shape index (κ2) is 7.91. The first-order valence-corrected chi connectivity index (χ1v) is 11.7. The molecule has 1 aromatic heterocycles. The smallest absolute Gasteiger partial charge is 0.406 e. The molecule has 2 aromatic carbocycles. The van der Waals surface area contributed by atoms with Crippen molar-refractivity contribution in [1.29, 1.82) is 0 Å².